The summed E-state index contributed by atoms with van der Waals surface area (Å²) in [5.41, 5.74) is 0. The first-order valence-corrected chi connectivity index (χ1v) is 8.90. The number of hydrogen-bond acceptors (Lipinski definition) is 2. The van der Waals surface area contributed by atoms with Gasteiger partial charge in [0.2, 0.25) is 10.0 Å². The Kier molecular flexibility index (Phi) is 6.12. The van der Waals surface area contributed by atoms with Gasteiger partial charge in [0.25, 0.3) is 0 Å². The summed E-state index contributed by atoms with van der Waals surface area (Å²) in [4.78, 5) is 0.533. The maximum atomic E-state index is 12.0. The third-order valence-electron chi connectivity index (χ3n) is 2.02. The van der Waals surface area contributed by atoms with Gasteiger partial charge in [-0.25, -0.2) is 13.1 Å². The predicted octanol–water partition coefficient (Wildman–Crippen LogP) is 3.66. The molecule has 1 N–H and O–H groups in total. The Hall–Kier alpha value is 0.570. The summed E-state index contributed by atoms with van der Waals surface area (Å²) in [6.07, 6.45) is 0.741. The lowest BCUT2D eigenvalue weighted by atomic mass is 10.3. The highest BCUT2D eigenvalue weighted by atomic mass is 79.9. The fourth-order valence-corrected chi connectivity index (χ4v) is 3.93. The summed E-state index contributed by atoms with van der Waals surface area (Å²) in [5.74, 6) is 0. The fraction of sp³-hybridized carbons (Fsp3) is 0.400. The fourth-order valence-electron chi connectivity index (χ4n) is 1.15. The minimum Gasteiger partial charge on any atom is -0.211 e. The van der Waals surface area contributed by atoms with Crippen molar-refractivity contribution in [1.29, 1.82) is 0 Å². The van der Waals surface area contributed by atoms with Crippen molar-refractivity contribution in [3.05, 3.63) is 27.1 Å². The molecule has 1 aromatic rings. The minimum absolute atomic E-state index is 0.245. The molecule has 0 fully saturated rings. The van der Waals surface area contributed by atoms with Gasteiger partial charge in [0.15, 0.2) is 0 Å². The summed E-state index contributed by atoms with van der Waals surface area (Å²) < 4.78 is 27.9. The minimum atomic E-state index is -3.46. The van der Waals surface area contributed by atoms with E-state index in [1.54, 1.807) is 18.2 Å². The van der Waals surface area contributed by atoms with Gasteiger partial charge < -0.3 is 0 Å². The number of halogens is 3. The molecule has 96 valence electrons. The molecule has 0 spiro atoms. The molecular weight excluding hydrogens is 438 g/mol. The van der Waals surface area contributed by atoms with E-state index in [1.807, 2.05) is 6.92 Å². The quantitative estimate of drug-likeness (QED) is 0.697. The molecule has 0 radical (unpaired) electrons. The van der Waals surface area contributed by atoms with Crippen LogP contribution in [0.4, 0.5) is 0 Å². The van der Waals surface area contributed by atoms with Gasteiger partial charge >= 0.3 is 0 Å². The zero-order chi connectivity index (χ0) is 13.1. The molecule has 0 aromatic heterocycles. The zero-order valence-corrected chi connectivity index (χ0v) is 14.7. The van der Waals surface area contributed by atoms with Crippen LogP contribution in [0.2, 0.25) is 0 Å². The molecule has 0 amide bonds. The van der Waals surface area contributed by atoms with Crippen molar-refractivity contribution >= 4 is 57.8 Å². The maximum Gasteiger partial charge on any atom is 0.241 e. The molecule has 0 heterocycles. The van der Waals surface area contributed by atoms with Crippen LogP contribution in [0.15, 0.2) is 32.0 Å². The van der Waals surface area contributed by atoms with Crippen LogP contribution < -0.4 is 4.72 Å². The van der Waals surface area contributed by atoms with Gasteiger partial charge in [0.1, 0.15) is 0 Å². The summed E-state index contributed by atoms with van der Waals surface area (Å²) in [6.45, 7) is 2.39. The van der Waals surface area contributed by atoms with Crippen LogP contribution in [-0.4, -0.2) is 19.8 Å². The predicted molar refractivity (Wildman–Crippen MR) is 80.0 cm³/mol. The topological polar surface area (TPSA) is 46.2 Å². The molecule has 0 aliphatic carbocycles. The second-order valence-corrected chi connectivity index (χ2v) is 8.61. The summed E-state index contributed by atoms with van der Waals surface area (Å²) in [5, 5.41) is 0. The second-order valence-electron chi connectivity index (χ2n) is 3.54. The van der Waals surface area contributed by atoms with Crippen LogP contribution in [-0.2, 0) is 10.0 Å². The lowest BCUT2D eigenvalue weighted by molar-refractivity contribution is 0.578. The Bertz CT molecular complexity index is 488. The first-order valence-electron chi connectivity index (χ1n) is 4.91. The molecule has 0 saturated heterocycles. The molecule has 1 aromatic carbocycles. The maximum absolute atomic E-state index is 12.0. The van der Waals surface area contributed by atoms with Crippen molar-refractivity contribution in [2.45, 2.75) is 23.1 Å². The standard InChI is InChI=1S/C10H12Br3NO2S/c1-7(11)4-5-14-17(15,16)10-6-8(12)2-3-9(10)13/h2-3,6-7,14H,4-5H2,1H3. The average molecular weight is 450 g/mol. The van der Waals surface area contributed by atoms with E-state index < -0.39 is 10.0 Å². The summed E-state index contributed by atoms with van der Waals surface area (Å²) in [7, 11) is -3.46. The van der Waals surface area contributed by atoms with Crippen molar-refractivity contribution in [2.75, 3.05) is 6.54 Å². The lowest BCUT2D eigenvalue weighted by Gasteiger charge is -2.09. The van der Waals surface area contributed by atoms with Crippen molar-refractivity contribution in [1.82, 2.24) is 4.72 Å². The van der Waals surface area contributed by atoms with Gasteiger partial charge in [-0.3, -0.25) is 0 Å². The van der Waals surface area contributed by atoms with E-state index in [1.165, 1.54) is 0 Å². The zero-order valence-electron chi connectivity index (χ0n) is 9.08. The van der Waals surface area contributed by atoms with Crippen LogP contribution in [0.25, 0.3) is 0 Å². The molecule has 1 unspecified atom stereocenters. The summed E-state index contributed by atoms with van der Waals surface area (Å²) >= 11 is 9.87. The van der Waals surface area contributed by atoms with Gasteiger partial charge in [0.05, 0.1) is 4.90 Å². The molecule has 0 bridgehead atoms. The first kappa shape index (κ1) is 15.6. The molecule has 7 heteroatoms. The van der Waals surface area contributed by atoms with Crippen molar-refractivity contribution in [3.63, 3.8) is 0 Å². The molecular formula is C10H12Br3NO2S. The normalized spacial score (nSPS) is 13.6. The number of sulfonamides is 1. The van der Waals surface area contributed by atoms with Gasteiger partial charge in [-0.05, 0) is 40.5 Å². The average Bonchev–Trinajstić information content (AvgIpc) is 2.20. The molecule has 0 aliphatic heterocycles. The Balaban J connectivity index is 2.86. The molecule has 1 rings (SSSR count). The van der Waals surface area contributed by atoms with Crippen molar-refractivity contribution in [3.8, 4) is 0 Å². The first-order chi connectivity index (χ1) is 7.83. The SMILES string of the molecule is CC(Br)CCNS(=O)(=O)c1cc(Br)ccc1Br. The largest absolute Gasteiger partial charge is 0.241 e. The van der Waals surface area contributed by atoms with Crippen LogP contribution in [0.1, 0.15) is 13.3 Å². The highest BCUT2D eigenvalue weighted by Gasteiger charge is 2.17. The third-order valence-corrected chi connectivity index (χ3v) is 5.42. The second kappa shape index (κ2) is 6.65. The van der Waals surface area contributed by atoms with Crippen molar-refractivity contribution in [2.24, 2.45) is 0 Å². The highest BCUT2D eigenvalue weighted by Crippen LogP contribution is 2.25. The van der Waals surface area contributed by atoms with E-state index in [-0.39, 0.29) is 9.72 Å². The molecule has 0 saturated carbocycles. The van der Waals surface area contributed by atoms with E-state index in [0.29, 0.717) is 11.0 Å². The van der Waals surface area contributed by atoms with Gasteiger partial charge in [-0.1, -0.05) is 38.8 Å². The Morgan fingerprint density at radius 3 is 2.59 bits per heavy atom. The van der Waals surface area contributed by atoms with E-state index >= 15 is 0 Å². The Morgan fingerprint density at radius 1 is 1.35 bits per heavy atom. The van der Waals surface area contributed by atoms with Crippen molar-refractivity contribution < 1.29 is 8.42 Å². The van der Waals surface area contributed by atoms with Gasteiger partial charge in [-0.2, -0.15) is 0 Å². The molecule has 3 nitrogen and oxygen atoms in total. The Labute approximate surface area is 127 Å². The molecule has 1 atom stereocenters. The van der Waals surface area contributed by atoms with Crippen LogP contribution >= 0.6 is 47.8 Å². The number of rotatable bonds is 5. The number of alkyl halides is 1. The van der Waals surface area contributed by atoms with Gasteiger partial charge in [0, 0.05) is 20.3 Å². The van der Waals surface area contributed by atoms with E-state index in [4.69, 9.17) is 0 Å². The van der Waals surface area contributed by atoms with Crippen LogP contribution in [0.3, 0.4) is 0 Å². The number of hydrogen-bond donors (Lipinski definition) is 1. The molecule has 17 heavy (non-hydrogen) atoms. The molecule has 0 aliphatic rings. The van der Waals surface area contributed by atoms with Crippen LogP contribution in [0.5, 0.6) is 0 Å². The van der Waals surface area contributed by atoms with E-state index in [2.05, 4.69) is 52.5 Å². The number of nitrogens with one attached hydrogen (secondary N) is 1. The van der Waals surface area contributed by atoms with E-state index in [0.717, 1.165) is 10.9 Å². The van der Waals surface area contributed by atoms with E-state index in [9.17, 15) is 8.42 Å². The number of benzene rings is 1. The third kappa shape index (κ3) is 4.98. The van der Waals surface area contributed by atoms with Crippen LogP contribution in [0, 0.1) is 0 Å². The Morgan fingerprint density at radius 2 is 2.00 bits per heavy atom. The monoisotopic (exact) mass is 447 g/mol. The van der Waals surface area contributed by atoms with Gasteiger partial charge in [-0.15, -0.1) is 0 Å². The highest BCUT2D eigenvalue weighted by molar-refractivity contribution is 9.11. The lowest BCUT2D eigenvalue weighted by Crippen LogP contribution is -2.26. The summed E-state index contributed by atoms with van der Waals surface area (Å²) in [6, 6.07) is 5.05. The smallest absolute Gasteiger partial charge is 0.211 e.